The minimum Gasteiger partial charge on any atom is -0.469 e. The lowest BCUT2D eigenvalue weighted by Gasteiger charge is -2.42. The number of carbonyl (C=O) groups excluding carboxylic acids is 1. The third-order valence-electron chi connectivity index (χ3n) is 5.13. The molecule has 2 saturated heterocycles. The average molecular weight is 344 g/mol. The zero-order valence-corrected chi connectivity index (χ0v) is 14.0. The van der Waals surface area contributed by atoms with Gasteiger partial charge in [0, 0.05) is 18.0 Å². The van der Waals surface area contributed by atoms with E-state index in [1.54, 1.807) is 6.07 Å². The molecule has 3 rings (SSSR count). The maximum Gasteiger partial charge on any atom is 0.310 e. The molecule has 1 aromatic carbocycles. The van der Waals surface area contributed by atoms with Crippen molar-refractivity contribution in [2.45, 2.75) is 36.9 Å². The standard InChI is InChI=1S/C16H19Cl2NO3/c1-19-9-6-10(8-3-4-11(17)12(18)5-8)14(16(21)22-2)15(19)13(20)7-9/h3-5,9-10,13-15,20H,6-7H2,1-2H3/t9?,10-,13-,14+,15?/m1/s1. The van der Waals surface area contributed by atoms with Gasteiger partial charge >= 0.3 is 5.97 Å². The van der Waals surface area contributed by atoms with Gasteiger partial charge in [0.1, 0.15) is 0 Å². The molecule has 6 heteroatoms. The van der Waals surface area contributed by atoms with Crippen LogP contribution in [-0.2, 0) is 9.53 Å². The Kier molecular flexibility index (Phi) is 4.38. The molecular weight excluding hydrogens is 325 g/mol. The molecule has 0 radical (unpaired) electrons. The van der Waals surface area contributed by atoms with Crippen LogP contribution in [0, 0.1) is 5.92 Å². The van der Waals surface area contributed by atoms with Crippen LogP contribution in [0.5, 0.6) is 0 Å². The second kappa shape index (κ2) is 6.00. The van der Waals surface area contributed by atoms with Gasteiger partial charge in [-0.15, -0.1) is 0 Å². The summed E-state index contributed by atoms with van der Waals surface area (Å²) in [7, 11) is 3.36. The number of rotatable bonds is 2. The first-order valence-corrected chi connectivity index (χ1v) is 8.12. The molecule has 1 N–H and O–H groups in total. The Morgan fingerprint density at radius 3 is 2.68 bits per heavy atom. The summed E-state index contributed by atoms with van der Waals surface area (Å²) in [5, 5.41) is 11.3. The Morgan fingerprint density at radius 1 is 1.32 bits per heavy atom. The number of carbonyl (C=O) groups is 1. The quantitative estimate of drug-likeness (QED) is 0.838. The lowest BCUT2D eigenvalue weighted by molar-refractivity contribution is -0.151. The van der Waals surface area contributed by atoms with Gasteiger partial charge in [-0.25, -0.2) is 0 Å². The molecule has 2 heterocycles. The van der Waals surface area contributed by atoms with Crippen molar-refractivity contribution >= 4 is 29.2 Å². The summed E-state index contributed by atoms with van der Waals surface area (Å²) in [6, 6.07) is 5.53. The maximum absolute atomic E-state index is 12.4. The second-order valence-electron chi connectivity index (χ2n) is 6.18. The molecule has 2 aliphatic heterocycles. The molecule has 5 atom stereocenters. The molecule has 0 aromatic heterocycles. The van der Waals surface area contributed by atoms with Gasteiger partial charge in [-0.05, 0) is 37.6 Å². The summed E-state index contributed by atoms with van der Waals surface area (Å²) in [6.45, 7) is 0. The SMILES string of the molecule is COC(=O)[C@@H]1C2[C@H](O)CC(C[C@@H]1c1ccc(Cl)c(Cl)c1)N2C. The number of aliphatic hydroxyl groups is 1. The van der Waals surface area contributed by atoms with E-state index < -0.39 is 12.0 Å². The lowest BCUT2D eigenvalue weighted by Crippen LogP contribution is -2.51. The number of halogens is 2. The van der Waals surface area contributed by atoms with Crippen molar-refractivity contribution in [2.75, 3.05) is 14.2 Å². The van der Waals surface area contributed by atoms with Crippen LogP contribution in [0.2, 0.25) is 10.0 Å². The first-order chi connectivity index (χ1) is 10.4. The van der Waals surface area contributed by atoms with E-state index in [1.807, 2.05) is 19.2 Å². The third kappa shape index (κ3) is 2.52. The van der Waals surface area contributed by atoms with E-state index in [9.17, 15) is 9.90 Å². The van der Waals surface area contributed by atoms with Gasteiger partial charge in [-0.1, -0.05) is 29.3 Å². The number of nitrogens with zero attached hydrogens (tertiary/aromatic N) is 1. The summed E-state index contributed by atoms with van der Waals surface area (Å²) in [5.41, 5.74) is 0.974. The summed E-state index contributed by atoms with van der Waals surface area (Å²) in [6.07, 6.45) is 0.973. The number of piperidine rings is 1. The Morgan fingerprint density at radius 2 is 2.05 bits per heavy atom. The minimum atomic E-state index is -0.508. The fourth-order valence-electron chi connectivity index (χ4n) is 4.06. The summed E-state index contributed by atoms with van der Waals surface area (Å²) >= 11 is 12.1. The highest BCUT2D eigenvalue weighted by Crippen LogP contribution is 2.47. The van der Waals surface area contributed by atoms with Crippen LogP contribution in [0.3, 0.4) is 0 Å². The molecule has 4 nitrogen and oxygen atoms in total. The van der Waals surface area contributed by atoms with Crippen LogP contribution >= 0.6 is 23.2 Å². The van der Waals surface area contributed by atoms with Gasteiger partial charge in [0.05, 0.1) is 29.2 Å². The number of hydrogen-bond acceptors (Lipinski definition) is 4. The molecule has 0 spiro atoms. The van der Waals surface area contributed by atoms with Crippen molar-refractivity contribution in [1.29, 1.82) is 0 Å². The van der Waals surface area contributed by atoms with Gasteiger partial charge in [-0.2, -0.15) is 0 Å². The lowest BCUT2D eigenvalue weighted by atomic mass is 9.76. The molecule has 2 aliphatic rings. The normalized spacial score (nSPS) is 34.7. The van der Waals surface area contributed by atoms with Crippen LogP contribution in [0.15, 0.2) is 18.2 Å². The van der Waals surface area contributed by atoms with Gasteiger partial charge in [0.15, 0.2) is 0 Å². The van der Waals surface area contributed by atoms with E-state index in [1.165, 1.54) is 7.11 Å². The van der Waals surface area contributed by atoms with E-state index in [2.05, 4.69) is 4.90 Å². The molecule has 120 valence electrons. The highest BCUT2D eigenvalue weighted by atomic mass is 35.5. The van der Waals surface area contributed by atoms with Crippen LogP contribution in [-0.4, -0.2) is 48.3 Å². The number of likely N-dealkylation sites (N-methyl/N-ethyl adjacent to an activating group) is 1. The van der Waals surface area contributed by atoms with Crippen molar-refractivity contribution in [3.05, 3.63) is 33.8 Å². The predicted octanol–water partition coefficient (Wildman–Crippen LogP) is 2.70. The fourth-order valence-corrected chi connectivity index (χ4v) is 4.36. The van der Waals surface area contributed by atoms with Crippen molar-refractivity contribution in [2.24, 2.45) is 5.92 Å². The number of esters is 1. The molecule has 22 heavy (non-hydrogen) atoms. The Balaban J connectivity index is 2.01. The van der Waals surface area contributed by atoms with Crippen molar-refractivity contribution < 1.29 is 14.6 Å². The summed E-state index contributed by atoms with van der Waals surface area (Å²) in [4.78, 5) is 14.5. The monoisotopic (exact) mass is 343 g/mol. The van der Waals surface area contributed by atoms with Crippen molar-refractivity contribution in [1.82, 2.24) is 4.90 Å². The third-order valence-corrected chi connectivity index (χ3v) is 5.87. The first-order valence-electron chi connectivity index (χ1n) is 7.36. The molecule has 2 bridgehead atoms. The molecule has 2 unspecified atom stereocenters. The zero-order chi connectivity index (χ0) is 16.0. The molecular formula is C16H19Cl2NO3. The summed E-state index contributed by atoms with van der Waals surface area (Å²) in [5.74, 6) is -0.709. The molecule has 0 saturated carbocycles. The zero-order valence-electron chi connectivity index (χ0n) is 12.5. The molecule has 0 amide bonds. The van der Waals surface area contributed by atoms with Crippen LogP contribution < -0.4 is 0 Å². The summed E-state index contributed by atoms with van der Waals surface area (Å²) < 4.78 is 5.01. The van der Waals surface area contributed by atoms with Crippen LogP contribution in [0.4, 0.5) is 0 Å². The molecule has 2 fully saturated rings. The van der Waals surface area contributed by atoms with E-state index in [4.69, 9.17) is 27.9 Å². The van der Waals surface area contributed by atoms with Crippen molar-refractivity contribution in [3.8, 4) is 0 Å². The van der Waals surface area contributed by atoms with Crippen LogP contribution in [0.1, 0.15) is 24.3 Å². The largest absolute Gasteiger partial charge is 0.469 e. The van der Waals surface area contributed by atoms with Gasteiger partial charge in [-0.3, -0.25) is 9.69 Å². The predicted molar refractivity (Wildman–Crippen MR) is 85.3 cm³/mol. The highest BCUT2D eigenvalue weighted by molar-refractivity contribution is 6.42. The highest BCUT2D eigenvalue weighted by Gasteiger charge is 2.53. The van der Waals surface area contributed by atoms with Gasteiger partial charge < -0.3 is 9.84 Å². The topological polar surface area (TPSA) is 49.8 Å². The number of aliphatic hydroxyl groups excluding tert-OH is 1. The second-order valence-corrected chi connectivity index (χ2v) is 6.99. The minimum absolute atomic E-state index is 0.0226. The van der Waals surface area contributed by atoms with E-state index in [0.717, 1.165) is 12.0 Å². The van der Waals surface area contributed by atoms with Gasteiger partial charge in [0.2, 0.25) is 0 Å². The average Bonchev–Trinajstić information content (AvgIpc) is 2.68. The number of hydrogen-bond donors (Lipinski definition) is 1. The van der Waals surface area contributed by atoms with E-state index in [-0.39, 0.29) is 24.0 Å². The number of methoxy groups -OCH3 is 1. The van der Waals surface area contributed by atoms with Gasteiger partial charge in [0.25, 0.3) is 0 Å². The van der Waals surface area contributed by atoms with E-state index in [0.29, 0.717) is 16.5 Å². The Labute approximate surface area is 140 Å². The molecule has 1 aromatic rings. The maximum atomic E-state index is 12.4. The van der Waals surface area contributed by atoms with Crippen LogP contribution in [0.25, 0.3) is 0 Å². The number of ether oxygens (including phenoxy) is 1. The number of fused-ring (bicyclic) bond motifs is 2. The van der Waals surface area contributed by atoms with E-state index >= 15 is 0 Å². The van der Waals surface area contributed by atoms with Crippen molar-refractivity contribution in [3.63, 3.8) is 0 Å². The Hall–Kier alpha value is -0.810. The molecule has 0 aliphatic carbocycles. The fraction of sp³-hybridized carbons (Fsp3) is 0.562. The number of benzene rings is 1. The Bertz CT molecular complexity index is 595. The smallest absolute Gasteiger partial charge is 0.310 e. The first kappa shape index (κ1) is 16.1.